The van der Waals surface area contributed by atoms with Gasteiger partial charge in [0.2, 0.25) is 0 Å². The second-order valence-corrected chi connectivity index (χ2v) is 7.03. The number of carbonyl (C=O) groups excluding carboxylic acids is 1. The zero-order valence-corrected chi connectivity index (χ0v) is 12.7. The van der Waals surface area contributed by atoms with E-state index in [1.165, 1.54) is 0 Å². The molecule has 2 heterocycles. The number of fused-ring (bicyclic) bond motifs is 1. The summed E-state index contributed by atoms with van der Waals surface area (Å²) in [6.45, 7) is 1.18. The van der Waals surface area contributed by atoms with E-state index >= 15 is 0 Å². The molecule has 2 fully saturated rings. The third-order valence-electron chi connectivity index (χ3n) is 6.01. The lowest BCUT2D eigenvalue weighted by molar-refractivity contribution is -0.187. The molecule has 1 aromatic rings. The van der Waals surface area contributed by atoms with Gasteiger partial charge in [-0.2, -0.15) is 5.10 Å². The smallest absolute Gasteiger partial charge is 0.274 e. The van der Waals surface area contributed by atoms with Crippen LogP contribution in [0.25, 0.3) is 0 Å². The lowest BCUT2D eigenvalue weighted by Crippen LogP contribution is -2.61. The van der Waals surface area contributed by atoms with Crippen molar-refractivity contribution in [1.29, 1.82) is 0 Å². The average molecular weight is 305 g/mol. The molecule has 1 aromatic heterocycles. The van der Waals surface area contributed by atoms with Crippen molar-refractivity contribution in [3.05, 3.63) is 17.0 Å². The lowest BCUT2D eigenvalue weighted by atomic mass is 9.58. The summed E-state index contributed by atoms with van der Waals surface area (Å²) in [4.78, 5) is 14.6. The van der Waals surface area contributed by atoms with Gasteiger partial charge in [-0.15, -0.1) is 0 Å². The van der Waals surface area contributed by atoms with Gasteiger partial charge in [0.1, 0.15) is 0 Å². The highest BCUT2D eigenvalue weighted by Gasteiger charge is 2.55. The Bertz CT molecular complexity index is 579. The maximum Gasteiger partial charge on any atom is 0.274 e. The lowest BCUT2D eigenvalue weighted by Gasteiger charge is -2.54. The molecule has 6 heteroatoms. The first-order valence-corrected chi connectivity index (χ1v) is 8.33. The zero-order chi connectivity index (χ0) is 15.3. The molecule has 1 amide bonds. The second-order valence-electron chi connectivity index (χ2n) is 7.03. The van der Waals surface area contributed by atoms with Gasteiger partial charge in [-0.3, -0.25) is 9.89 Å². The Morgan fingerprint density at radius 3 is 2.55 bits per heavy atom. The summed E-state index contributed by atoms with van der Waals surface area (Å²) in [5.74, 6) is -0.00227. The monoisotopic (exact) mass is 305 g/mol. The summed E-state index contributed by atoms with van der Waals surface area (Å²) in [6, 6.07) is 0. The number of H-pyrrole nitrogens is 1. The summed E-state index contributed by atoms with van der Waals surface area (Å²) in [5, 5.41) is 27.2. The summed E-state index contributed by atoms with van der Waals surface area (Å²) >= 11 is 0. The predicted octanol–water partition coefficient (Wildman–Crippen LogP) is 0.636. The van der Waals surface area contributed by atoms with Crippen LogP contribution in [0.15, 0.2) is 0 Å². The molecule has 1 aliphatic heterocycles. The molecule has 3 aliphatic rings. The normalized spacial score (nSPS) is 30.0. The molecule has 2 aliphatic carbocycles. The fourth-order valence-electron chi connectivity index (χ4n) is 4.34. The minimum absolute atomic E-state index is 0.00227. The number of aromatic amines is 1. The van der Waals surface area contributed by atoms with Crippen molar-refractivity contribution < 1.29 is 15.0 Å². The molecule has 1 saturated heterocycles. The second kappa shape index (κ2) is 5.06. The quantitative estimate of drug-likeness (QED) is 0.710. The van der Waals surface area contributed by atoms with Gasteiger partial charge in [0.15, 0.2) is 5.69 Å². The van der Waals surface area contributed by atoms with Crippen molar-refractivity contribution in [1.82, 2.24) is 15.1 Å². The van der Waals surface area contributed by atoms with Crippen LogP contribution in [0.4, 0.5) is 0 Å². The first-order valence-electron chi connectivity index (χ1n) is 8.33. The molecule has 0 bridgehead atoms. The number of likely N-dealkylation sites (tertiary alicyclic amines) is 1. The van der Waals surface area contributed by atoms with Crippen LogP contribution in [-0.4, -0.2) is 56.5 Å². The summed E-state index contributed by atoms with van der Waals surface area (Å²) < 4.78 is 0. The van der Waals surface area contributed by atoms with Crippen LogP contribution >= 0.6 is 0 Å². The summed E-state index contributed by atoms with van der Waals surface area (Å²) in [6.07, 6.45) is 5.18. The van der Waals surface area contributed by atoms with Gasteiger partial charge in [-0.1, -0.05) is 0 Å². The SMILES string of the molecule is O=C(c1n[nH]c2c1CCCC2)N1CCC2(CC1)C(O)CC2O. The van der Waals surface area contributed by atoms with Crippen LogP contribution in [0.1, 0.15) is 53.8 Å². The molecule has 3 N–H and O–H groups in total. The third-order valence-corrected chi connectivity index (χ3v) is 6.01. The van der Waals surface area contributed by atoms with E-state index < -0.39 is 12.2 Å². The van der Waals surface area contributed by atoms with Crippen molar-refractivity contribution in [3.8, 4) is 0 Å². The fourth-order valence-corrected chi connectivity index (χ4v) is 4.34. The van der Waals surface area contributed by atoms with E-state index in [2.05, 4.69) is 10.2 Å². The van der Waals surface area contributed by atoms with Gasteiger partial charge in [-0.25, -0.2) is 0 Å². The van der Waals surface area contributed by atoms with Crippen molar-refractivity contribution in [2.45, 2.75) is 57.2 Å². The highest BCUT2D eigenvalue weighted by molar-refractivity contribution is 5.94. The average Bonchev–Trinajstić information content (AvgIpc) is 2.98. The number of aliphatic hydroxyl groups is 2. The van der Waals surface area contributed by atoms with E-state index in [9.17, 15) is 15.0 Å². The third kappa shape index (κ3) is 1.93. The number of hydrogen-bond acceptors (Lipinski definition) is 4. The number of nitrogens with one attached hydrogen (secondary N) is 1. The van der Waals surface area contributed by atoms with Gasteiger partial charge in [0.05, 0.1) is 12.2 Å². The standard InChI is InChI=1S/C16H23N3O3/c20-12-9-13(21)16(12)5-7-19(8-6-16)15(22)14-10-3-1-2-4-11(10)17-18-14/h12-13,20-21H,1-9H2,(H,17,18). The number of aromatic nitrogens is 2. The number of hydrogen-bond donors (Lipinski definition) is 3. The molecule has 120 valence electrons. The Labute approximate surface area is 129 Å². The van der Waals surface area contributed by atoms with Crippen LogP contribution in [0, 0.1) is 5.41 Å². The Balaban J connectivity index is 1.48. The fraction of sp³-hybridized carbons (Fsp3) is 0.750. The number of piperidine rings is 1. The molecule has 2 atom stereocenters. The number of amides is 1. The molecule has 0 aromatic carbocycles. The molecule has 0 radical (unpaired) electrons. The summed E-state index contributed by atoms with van der Waals surface area (Å²) in [7, 11) is 0. The van der Waals surface area contributed by atoms with Crippen LogP contribution in [0.5, 0.6) is 0 Å². The first-order chi connectivity index (χ1) is 10.6. The Morgan fingerprint density at radius 2 is 1.86 bits per heavy atom. The highest BCUT2D eigenvalue weighted by atomic mass is 16.3. The maximum absolute atomic E-state index is 12.7. The number of nitrogens with zero attached hydrogens (tertiary/aromatic N) is 2. The zero-order valence-electron chi connectivity index (χ0n) is 12.7. The number of aryl methyl sites for hydroxylation is 1. The predicted molar refractivity (Wildman–Crippen MR) is 79.4 cm³/mol. The highest BCUT2D eigenvalue weighted by Crippen LogP contribution is 2.49. The van der Waals surface area contributed by atoms with Crippen LogP contribution in [0.2, 0.25) is 0 Å². The minimum Gasteiger partial charge on any atom is -0.392 e. The van der Waals surface area contributed by atoms with Crippen molar-refractivity contribution in [2.24, 2.45) is 5.41 Å². The van der Waals surface area contributed by atoms with Crippen LogP contribution in [-0.2, 0) is 12.8 Å². The van der Waals surface area contributed by atoms with Crippen molar-refractivity contribution in [3.63, 3.8) is 0 Å². The topological polar surface area (TPSA) is 89.5 Å². The Morgan fingerprint density at radius 1 is 1.18 bits per heavy atom. The van der Waals surface area contributed by atoms with Gasteiger partial charge in [0, 0.05) is 36.2 Å². The van der Waals surface area contributed by atoms with E-state index in [0.29, 0.717) is 38.0 Å². The molecule has 4 rings (SSSR count). The number of rotatable bonds is 1. The van der Waals surface area contributed by atoms with Gasteiger partial charge in [0.25, 0.3) is 5.91 Å². The minimum atomic E-state index is -0.419. The van der Waals surface area contributed by atoms with Gasteiger partial charge in [-0.05, 0) is 38.5 Å². The van der Waals surface area contributed by atoms with Crippen LogP contribution in [0.3, 0.4) is 0 Å². The first kappa shape index (κ1) is 14.2. The maximum atomic E-state index is 12.7. The number of carbonyl (C=O) groups is 1. The van der Waals surface area contributed by atoms with Crippen LogP contribution < -0.4 is 0 Å². The molecule has 2 unspecified atom stereocenters. The van der Waals surface area contributed by atoms with E-state index in [1.807, 2.05) is 4.90 Å². The van der Waals surface area contributed by atoms with E-state index in [1.54, 1.807) is 0 Å². The van der Waals surface area contributed by atoms with Gasteiger partial charge >= 0.3 is 0 Å². The summed E-state index contributed by atoms with van der Waals surface area (Å²) in [5.41, 5.74) is 2.43. The molecular weight excluding hydrogens is 282 g/mol. The molecule has 1 spiro atoms. The Hall–Kier alpha value is -1.40. The largest absolute Gasteiger partial charge is 0.392 e. The van der Waals surface area contributed by atoms with Crippen molar-refractivity contribution in [2.75, 3.05) is 13.1 Å². The van der Waals surface area contributed by atoms with Gasteiger partial charge < -0.3 is 15.1 Å². The van der Waals surface area contributed by atoms with E-state index in [-0.39, 0.29) is 11.3 Å². The molecule has 6 nitrogen and oxygen atoms in total. The molecule has 1 saturated carbocycles. The van der Waals surface area contributed by atoms with Crippen molar-refractivity contribution >= 4 is 5.91 Å². The van der Waals surface area contributed by atoms with E-state index in [4.69, 9.17) is 0 Å². The van der Waals surface area contributed by atoms with E-state index in [0.717, 1.165) is 36.9 Å². The molecule has 22 heavy (non-hydrogen) atoms. The molecular formula is C16H23N3O3. The Kier molecular flexibility index (Phi) is 3.27. The number of aliphatic hydroxyl groups excluding tert-OH is 2.